The van der Waals surface area contributed by atoms with E-state index < -0.39 is 5.60 Å². The van der Waals surface area contributed by atoms with Crippen LogP contribution in [0.3, 0.4) is 0 Å². The second kappa shape index (κ2) is 6.03. The summed E-state index contributed by atoms with van der Waals surface area (Å²) >= 11 is 5.65. The first-order valence-corrected chi connectivity index (χ1v) is 6.94. The highest BCUT2D eigenvalue weighted by Gasteiger charge is 2.26. The third-order valence-corrected chi connectivity index (χ3v) is 3.30. The lowest BCUT2D eigenvalue weighted by molar-refractivity contribution is 0.0177. The number of aromatic nitrogens is 2. The molecule has 1 saturated heterocycles. The van der Waals surface area contributed by atoms with Crippen LogP contribution >= 0.6 is 11.6 Å². The van der Waals surface area contributed by atoms with E-state index in [-0.39, 0.29) is 11.1 Å². The van der Waals surface area contributed by atoms with Gasteiger partial charge in [-0.15, -0.1) is 0 Å². The number of rotatable bonds is 3. The van der Waals surface area contributed by atoms with E-state index >= 15 is 0 Å². The Morgan fingerprint density at radius 2 is 1.95 bits per heavy atom. The van der Waals surface area contributed by atoms with E-state index in [4.69, 9.17) is 11.6 Å². The molecule has 1 aliphatic rings. The second-order valence-corrected chi connectivity index (χ2v) is 5.99. The van der Waals surface area contributed by atoms with Crippen LogP contribution in [0.5, 0.6) is 0 Å². The zero-order valence-corrected chi connectivity index (χ0v) is 12.5. The number of piperazine rings is 1. The molecule has 20 heavy (non-hydrogen) atoms. The standard InChI is InChI=1S/C13H19ClN4O2/c1-13(2,20)9-17-3-5-18(6-4-17)12(19)10-7-16-11(14)8-15-10/h7-8,20H,3-6,9H2,1-2H3. The summed E-state index contributed by atoms with van der Waals surface area (Å²) in [5.74, 6) is -0.128. The van der Waals surface area contributed by atoms with Crippen molar-refractivity contribution in [3.8, 4) is 0 Å². The molecule has 0 saturated carbocycles. The van der Waals surface area contributed by atoms with Gasteiger partial charge in [0.2, 0.25) is 0 Å². The minimum absolute atomic E-state index is 0.128. The van der Waals surface area contributed by atoms with E-state index in [1.54, 1.807) is 18.7 Å². The molecular formula is C13H19ClN4O2. The van der Waals surface area contributed by atoms with Gasteiger partial charge in [0.15, 0.2) is 0 Å². The number of halogens is 1. The van der Waals surface area contributed by atoms with Crippen LogP contribution in [-0.4, -0.2) is 69.1 Å². The van der Waals surface area contributed by atoms with Gasteiger partial charge in [0.05, 0.1) is 18.0 Å². The van der Waals surface area contributed by atoms with Crippen LogP contribution in [0.15, 0.2) is 12.4 Å². The van der Waals surface area contributed by atoms with Gasteiger partial charge in [-0.05, 0) is 13.8 Å². The van der Waals surface area contributed by atoms with Gasteiger partial charge in [-0.25, -0.2) is 9.97 Å². The second-order valence-electron chi connectivity index (χ2n) is 5.61. The average Bonchev–Trinajstić information content (AvgIpc) is 2.38. The predicted octanol–water partition coefficient (Wildman–Crippen LogP) is 0.659. The van der Waals surface area contributed by atoms with Crippen LogP contribution in [-0.2, 0) is 0 Å². The number of amides is 1. The lowest BCUT2D eigenvalue weighted by Gasteiger charge is -2.37. The molecule has 1 N–H and O–H groups in total. The highest BCUT2D eigenvalue weighted by molar-refractivity contribution is 6.29. The van der Waals surface area contributed by atoms with E-state index in [0.29, 0.717) is 25.3 Å². The maximum Gasteiger partial charge on any atom is 0.274 e. The van der Waals surface area contributed by atoms with E-state index in [1.807, 2.05) is 0 Å². The van der Waals surface area contributed by atoms with E-state index in [9.17, 15) is 9.90 Å². The van der Waals surface area contributed by atoms with Crippen molar-refractivity contribution in [3.63, 3.8) is 0 Å². The first kappa shape index (κ1) is 15.2. The number of carbonyl (C=O) groups is 1. The highest BCUT2D eigenvalue weighted by atomic mass is 35.5. The minimum Gasteiger partial charge on any atom is -0.389 e. The van der Waals surface area contributed by atoms with Crippen molar-refractivity contribution in [2.45, 2.75) is 19.4 Å². The monoisotopic (exact) mass is 298 g/mol. The first-order valence-electron chi connectivity index (χ1n) is 6.57. The zero-order chi connectivity index (χ0) is 14.8. The Morgan fingerprint density at radius 3 is 2.45 bits per heavy atom. The molecule has 0 bridgehead atoms. The Bertz CT molecular complexity index is 464. The number of hydrogen-bond acceptors (Lipinski definition) is 5. The van der Waals surface area contributed by atoms with Gasteiger partial charge in [0.25, 0.3) is 5.91 Å². The maximum atomic E-state index is 12.2. The molecule has 1 fully saturated rings. The fourth-order valence-electron chi connectivity index (χ4n) is 2.24. The predicted molar refractivity (Wildman–Crippen MR) is 75.7 cm³/mol. The molecular weight excluding hydrogens is 280 g/mol. The van der Waals surface area contributed by atoms with E-state index in [2.05, 4.69) is 14.9 Å². The first-order chi connectivity index (χ1) is 9.35. The summed E-state index contributed by atoms with van der Waals surface area (Å²) in [5.41, 5.74) is -0.404. The number of hydrogen-bond donors (Lipinski definition) is 1. The topological polar surface area (TPSA) is 69.6 Å². The molecule has 6 nitrogen and oxygen atoms in total. The van der Waals surface area contributed by atoms with Gasteiger partial charge >= 0.3 is 0 Å². The fraction of sp³-hybridized carbons (Fsp3) is 0.615. The van der Waals surface area contributed by atoms with Crippen molar-refractivity contribution < 1.29 is 9.90 Å². The number of β-amino-alcohol motifs (C(OH)–C–C–N with tert-alkyl or cyclic N) is 1. The molecule has 2 heterocycles. The summed E-state index contributed by atoms with van der Waals surface area (Å²) in [5, 5.41) is 10.1. The molecule has 1 aromatic heterocycles. The smallest absolute Gasteiger partial charge is 0.274 e. The third kappa shape index (κ3) is 4.13. The Hall–Kier alpha value is -1.24. The van der Waals surface area contributed by atoms with Crippen LogP contribution < -0.4 is 0 Å². The number of carbonyl (C=O) groups excluding carboxylic acids is 1. The molecule has 0 radical (unpaired) electrons. The van der Waals surface area contributed by atoms with Gasteiger partial charge in [-0.1, -0.05) is 11.6 Å². The minimum atomic E-state index is -0.714. The van der Waals surface area contributed by atoms with Crippen LogP contribution in [0, 0.1) is 0 Å². The lowest BCUT2D eigenvalue weighted by atomic mass is 10.1. The summed E-state index contributed by atoms with van der Waals surface area (Å²) in [6.45, 7) is 6.92. The Morgan fingerprint density at radius 1 is 1.30 bits per heavy atom. The Labute approximate surface area is 123 Å². The molecule has 0 spiro atoms. The third-order valence-electron chi connectivity index (χ3n) is 3.11. The molecule has 1 aromatic rings. The lowest BCUT2D eigenvalue weighted by Crippen LogP contribution is -2.52. The highest BCUT2D eigenvalue weighted by Crippen LogP contribution is 2.11. The normalized spacial score (nSPS) is 17.3. The fourth-order valence-corrected chi connectivity index (χ4v) is 2.34. The van der Waals surface area contributed by atoms with E-state index in [0.717, 1.165) is 13.1 Å². The number of aliphatic hydroxyl groups is 1. The quantitative estimate of drug-likeness (QED) is 0.888. The average molecular weight is 299 g/mol. The molecule has 0 atom stereocenters. The zero-order valence-electron chi connectivity index (χ0n) is 11.7. The molecule has 110 valence electrons. The molecule has 1 aliphatic heterocycles. The molecule has 0 unspecified atom stereocenters. The largest absolute Gasteiger partial charge is 0.389 e. The Balaban J connectivity index is 1.90. The van der Waals surface area contributed by atoms with Crippen LogP contribution in [0.2, 0.25) is 5.15 Å². The SMILES string of the molecule is CC(C)(O)CN1CCN(C(=O)c2cnc(Cl)cn2)CC1. The van der Waals surface area contributed by atoms with Gasteiger partial charge in [0, 0.05) is 32.7 Å². The van der Waals surface area contributed by atoms with Crippen molar-refractivity contribution in [1.82, 2.24) is 19.8 Å². The molecule has 7 heteroatoms. The van der Waals surface area contributed by atoms with Gasteiger partial charge in [-0.3, -0.25) is 9.69 Å². The Kier molecular flexibility index (Phi) is 4.57. The molecule has 2 rings (SSSR count). The van der Waals surface area contributed by atoms with Gasteiger partial charge < -0.3 is 10.0 Å². The van der Waals surface area contributed by atoms with Crippen LogP contribution in [0.25, 0.3) is 0 Å². The van der Waals surface area contributed by atoms with Crippen LogP contribution in [0.1, 0.15) is 24.3 Å². The summed E-state index contributed by atoms with van der Waals surface area (Å²) in [6, 6.07) is 0. The summed E-state index contributed by atoms with van der Waals surface area (Å²) < 4.78 is 0. The van der Waals surface area contributed by atoms with Crippen LogP contribution in [0.4, 0.5) is 0 Å². The summed E-state index contributed by atoms with van der Waals surface area (Å²) in [7, 11) is 0. The van der Waals surface area contributed by atoms with Crippen molar-refractivity contribution in [1.29, 1.82) is 0 Å². The van der Waals surface area contributed by atoms with Crippen molar-refractivity contribution in [2.75, 3.05) is 32.7 Å². The van der Waals surface area contributed by atoms with Gasteiger partial charge in [-0.2, -0.15) is 0 Å². The maximum absolute atomic E-state index is 12.2. The van der Waals surface area contributed by atoms with Crippen molar-refractivity contribution >= 4 is 17.5 Å². The van der Waals surface area contributed by atoms with Crippen molar-refractivity contribution in [2.24, 2.45) is 0 Å². The molecule has 1 amide bonds. The summed E-state index contributed by atoms with van der Waals surface area (Å²) in [6.07, 6.45) is 2.77. The van der Waals surface area contributed by atoms with Crippen molar-refractivity contribution in [3.05, 3.63) is 23.2 Å². The summed E-state index contributed by atoms with van der Waals surface area (Å²) in [4.78, 5) is 24.0. The van der Waals surface area contributed by atoms with E-state index in [1.165, 1.54) is 12.4 Å². The molecule has 0 aromatic carbocycles. The molecule has 0 aliphatic carbocycles. The number of nitrogens with zero attached hydrogens (tertiary/aromatic N) is 4. The van der Waals surface area contributed by atoms with Gasteiger partial charge in [0.1, 0.15) is 10.8 Å².